The molecule has 0 bridgehead atoms. The molecule has 1 atom stereocenters. The van der Waals surface area contributed by atoms with Crippen molar-refractivity contribution < 1.29 is 27.9 Å². The van der Waals surface area contributed by atoms with Crippen molar-refractivity contribution in [2.45, 2.75) is 17.4 Å². The van der Waals surface area contributed by atoms with Gasteiger partial charge in [-0.15, -0.1) is 0 Å². The number of ether oxygens (including phenoxy) is 1. The summed E-state index contributed by atoms with van der Waals surface area (Å²) in [4.78, 5) is 23.7. The van der Waals surface area contributed by atoms with E-state index in [2.05, 4.69) is 5.32 Å². The Labute approximate surface area is 151 Å². The van der Waals surface area contributed by atoms with E-state index in [0.717, 1.165) is 6.26 Å². The van der Waals surface area contributed by atoms with Gasteiger partial charge in [0.2, 0.25) is 0 Å². The Kier molecular flexibility index (Phi) is 5.99. The highest BCUT2D eigenvalue weighted by Gasteiger charge is 2.19. The molecule has 2 aromatic carbocycles. The Morgan fingerprint density at radius 1 is 1.08 bits per heavy atom. The van der Waals surface area contributed by atoms with Gasteiger partial charge in [-0.25, -0.2) is 8.42 Å². The number of sulfone groups is 1. The average Bonchev–Trinajstić information content (AvgIpc) is 2.60. The second-order valence-electron chi connectivity index (χ2n) is 5.69. The maximum Gasteiger partial charge on any atom is 0.305 e. The molecular formula is C18H19NO6S. The summed E-state index contributed by atoms with van der Waals surface area (Å²) in [7, 11) is -1.84. The quantitative estimate of drug-likeness (QED) is 0.764. The molecule has 2 aromatic rings. The molecule has 0 spiro atoms. The minimum atomic E-state index is -3.36. The van der Waals surface area contributed by atoms with E-state index in [-0.39, 0.29) is 16.9 Å². The largest absolute Gasteiger partial charge is 0.497 e. The van der Waals surface area contributed by atoms with Crippen molar-refractivity contribution in [2.75, 3.05) is 13.4 Å². The molecule has 2 N–H and O–H groups in total. The van der Waals surface area contributed by atoms with E-state index in [1.807, 2.05) is 0 Å². The Morgan fingerprint density at radius 2 is 1.65 bits per heavy atom. The fourth-order valence-electron chi connectivity index (χ4n) is 2.36. The van der Waals surface area contributed by atoms with Crippen molar-refractivity contribution in [3.63, 3.8) is 0 Å². The lowest BCUT2D eigenvalue weighted by Gasteiger charge is -2.18. The van der Waals surface area contributed by atoms with Crippen molar-refractivity contribution in [3.8, 4) is 5.75 Å². The van der Waals surface area contributed by atoms with Crippen LogP contribution in [0, 0.1) is 0 Å². The third-order valence-corrected chi connectivity index (χ3v) is 4.88. The first-order valence-electron chi connectivity index (χ1n) is 7.67. The zero-order chi connectivity index (χ0) is 19.3. The maximum atomic E-state index is 12.4. The number of carboxylic acid groups (broad SMARTS) is 1. The Balaban J connectivity index is 2.21. The van der Waals surface area contributed by atoms with Crippen LogP contribution in [0.15, 0.2) is 53.4 Å². The second-order valence-corrected chi connectivity index (χ2v) is 7.71. The fourth-order valence-corrected chi connectivity index (χ4v) is 2.99. The average molecular weight is 377 g/mol. The smallest absolute Gasteiger partial charge is 0.305 e. The van der Waals surface area contributed by atoms with Gasteiger partial charge in [0.25, 0.3) is 5.91 Å². The van der Waals surface area contributed by atoms with Crippen LogP contribution in [0.4, 0.5) is 0 Å². The van der Waals surface area contributed by atoms with Crippen LogP contribution >= 0.6 is 0 Å². The third kappa shape index (κ3) is 5.06. The van der Waals surface area contributed by atoms with Gasteiger partial charge in [-0.1, -0.05) is 12.1 Å². The minimum Gasteiger partial charge on any atom is -0.497 e. The van der Waals surface area contributed by atoms with Crippen molar-refractivity contribution in [1.82, 2.24) is 5.32 Å². The molecule has 0 saturated carbocycles. The summed E-state index contributed by atoms with van der Waals surface area (Å²) in [5.74, 6) is -0.934. The number of nitrogens with one attached hydrogen (secondary N) is 1. The molecule has 0 aliphatic carbocycles. The van der Waals surface area contributed by atoms with E-state index in [0.29, 0.717) is 11.3 Å². The highest BCUT2D eigenvalue weighted by molar-refractivity contribution is 7.90. The summed E-state index contributed by atoms with van der Waals surface area (Å²) in [5, 5.41) is 11.8. The molecule has 0 aliphatic rings. The highest BCUT2D eigenvalue weighted by atomic mass is 32.2. The third-order valence-electron chi connectivity index (χ3n) is 3.75. The topological polar surface area (TPSA) is 110 Å². The molecule has 8 heteroatoms. The van der Waals surface area contributed by atoms with E-state index in [1.165, 1.54) is 31.4 Å². The Hall–Kier alpha value is -2.87. The van der Waals surface area contributed by atoms with Crippen LogP contribution in [0.25, 0.3) is 0 Å². The second kappa shape index (κ2) is 8.01. The van der Waals surface area contributed by atoms with Crippen molar-refractivity contribution in [1.29, 1.82) is 0 Å². The summed E-state index contributed by atoms with van der Waals surface area (Å²) in [6, 6.07) is 11.4. The summed E-state index contributed by atoms with van der Waals surface area (Å²) >= 11 is 0. The zero-order valence-electron chi connectivity index (χ0n) is 14.3. The van der Waals surface area contributed by atoms with E-state index < -0.39 is 27.8 Å². The summed E-state index contributed by atoms with van der Waals surface area (Å²) in [5.41, 5.74) is 0.857. The van der Waals surface area contributed by atoms with Crippen LogP contribution in [0.1, 0.15) is 28.4 Å². The van der Waals surface area contributed by atoms with Crippen LogP contribution in [-0.2, 0) is 14.6 Å². The number of hydrogen-bond donors (Lipinski definition) is 2. The number of methoxy groups -OCH3 is 1. The van der Waals surface area contributed by atoms with Crippen LogP contribution < -0.4 is 10.1 Å². The normalized spacial score (nSPS) is 12.2. The lowest BCUT2D eigenvalue weighted by atomic mass is 10.0. The highest BCUT2D eigenvalue weighted by Crippen LogP contribution is 2.21. The lowest BCUT2D eigenvalue weighted by molar-refractivity contribution is -0.137. The number of benzene rings is 2. The molecule has 0 unspecified atom stereocenters. The van der Waals surface area contributed by atoms with Gasteiger partial charge in [0.15, 0.2) is 9.84 Å². The molecule has 0 aromatic heterocycles. The SMILES string of the molecule is COc1ccc([C@@H](CC(=O)O)NC(=O)c2ccc(S(C)(=O)=O)cc2)cc1. The molecular weight excluding hydrogens is 358 g/mol. The molecule has 0 aliphatic heterocycles. The molecule has 26 heavy (non-hydrogen) atoms. The van der Waals surface area contributed by atoms with Gasteiger partial charge in [0, 0.05) is 11.8 Å². The summed E-state index contributed by atoms with van der Waals surface area (Å²) in [6.45, 7) is 0. The van der Waals surface area contributed by atoms with Gasteiger partial charge in [-0.2, -0.15) is 0 Å². The van der Waals surface area contributed by atoms with Crippen LogP contribution in [0.5, 0.6) is 5.75 Å². The van der Waals surface area contributed by atoms with Crippen molar-refractivity contribution >= 4 is 21.7 Å². The van der Waals surface area contributed by atoms with Crippen LogP contribution in [-0.4, -0.2) is 38.8 Å². The molecule has 0 heterocycles. The number of aliphatic carboxylic acids is 1. The van der Waals surface area contributed by atoms with Gasteiger partial charge in [0.05, 0.1) is 24.5 Å². The number of carboxylic acids is 1. The molecule has 7 nitrogen and oxygen atoms in total. The van der Waals surface area contributed by atoms with Crippen LogP contribution in [0.3, 0.4) is 0 Å². The van der Waals surface area contributed by atoms with Gasteiger partial charge in [-0.3, -0.25) is 9.59 Å². The monoisotopic (exact) mass is 377 g/mol. The molecule has 2 rings (SSSR count). The Bertz CT molecular complexity index is 888. The first-order valence-corrected chi connectivity index (χ1v) is 9.56. The first kappa shape index (κ1) is 19.5. The maximum absolute atomic E-state index is 12.4. The van der Waals surface area contributed by atoms with Gasteiger partial charge < -0.3 is 15.2 Å². The van der Waals surface area contributed by atoms with Crippen molar-refractivity contribution in [3.05, 3.63) is 59.7 Å². The molecule has 0 radical (unpaired) electrons. The van der Waals surface area contributed by atoms with E-state index in [1.54, 1.807) is 24.3 Å². The summed E-state index contributed by atoms with van der Waals surface area (Å²) in [6.07, 6.45) is 0.786. The van der Waals surface area contributed by atoms with Crippen molar-refractivity contribution in [2.24, 2.45) is 0 Å². The number of carbonyl (C=O) groups is 2. The predicted molar refractivity (Wildman–Crippen MR) is 95.0 cm³/mol. The van der Waals surface area contributed by atoms with E-state index >= 15 is 0 Å². The van der Waals surface area contributed by atoms with Gasteiger partial charge >= 0.3 is 5.97 Å². The van der Waals surface area contributed by atoms with E-state index in [9.17, 15) is 18.0 Å². The fraction of sp³-hybridized carbons (Fsp3) is 0.222. The lowest BCUT2D eigenvalue weighted by Crippen LogP contribution is -2.30. The number of amides is 1. The standard InChI is InChI=1S/C18H19NO6S/c1-25-14-7-3-12(4-8-14)16(11-17(20)21)19-18(22)13-5-9-15(10-6-13)26(2,23)24/h3-10,16H,11H2,1-2H3,(H,19,22)(H,20,21)/t16-/m1/s1. The van der Waals surface area contributed by atoms with Gasteiger partial charge in [-0.05, 0) is 42.0 Å². The van der Waals surface area contributed by atoms with Crippen LogP contribution in [0.2, 0.25) is 0 Å². The zero-order valence-corrected chi connectivity index (χ0v) is 15.1. The molecule has 0 fully saturated rings. The predicted octanol–water partition coefficient (Wildman–Crippen LogP) is 2.04. The summed E-state index contributed by atoms with van der Waals surface area (Å²) < 4.78 is 28.0. The number of carbonyl (C=O) groups excluding carboxylic acids is 1. The first-order chi connectivity index (χ1) is 12.2. The minimum absolute atomic E-state index is 0.103. The Morgan fingerprint density at radius 3 is 2.12 bits per heavy atom. The number of rotatable bonds is 7. The van der Waals surface area contributed by atoms with E-state index in [4.69, 9.17) is 9.84 Å². The van der Waals surface area contributed by atoms with Gasteiger partial charge in [0.1, 0.15) is 5.75 Å². The molecule has 0 saturated heterocycles. The molecule has 138 valence electrons. The molecule has 1 amide bonds. The number of hydrogen-bond acceptors (Lipinski definition) is 5.